The molecule has 0 spiro atoms. The third kappa shape index (κ3) is 3.93. The van der Waals surface area contributed by atoms with E-state index in [2.05, 4.69) is 11.4 Å². The third-order valence-corrected chi connectivity index (χ3v) is 5.88. The van der Waals surface area contributed by atoms with Gasteiger partial charge < -0.3 is 20.5 Å². The van der Waals surface area contributed by atoms with E-state index < -0.39 is 17.9 Å². The van der Waals surface area contributed by atoms with Gasteiger partial charge in [-0.15, -0.1) is 0 Å². The number of hydrogen-bond acceptors (Lipinski definition) is 8. The molecule has 0 aromatic heterocycles. The molecule has 0 bridgehead atoms. The van der Waals surface area contributed by atoms with Crippen molar-refractivity contribution in [2.75, 3.05) is 37.1 Å². The van der Waals surface area contributed by atoms with E-state index in [1.165, 1.54) is 24.0 Å². The second-order valence-corrected chi connectivity index (χ2v) is 7.71. The highest BCUT2D eigenvalue weighted by Crippen LogP contribution is 2.45. The van der Waals surface area contributed by atoms with E-state index in [9.17, 15) is 19.6 Å². The fourth-order valence-corrected chi connectivity index (χ4v) is 4.35. The highest BCUT2D eigenvalue weighted by atomic mass is 16.5. The molecule has 3 N–H and O–H groups in total. The minimum absolute atomic E-state index is 0.0462. The van der Waals surface area contributed by atoms with Gasteiger partial charge >= 0.3 is 18.0 Å². The number of allylic oxidation sites excluding steroid dienone is 1. The predicted molar refractivity (Wildman–Crippen MR) is 127 cm³/mol. The number of ether oxygens (including phenoxy) is 2. The van der Waals surface area contributed by atoms with Gasteiger partial charge in [-0.05, 0) is 17.7 Å². The van der Waals surface area contributed by atoms with Gasteiger partial charge in [0, 0.05) is 13.1 Å². The predicted octanol–water partition coefficient (Wildman–Crippen LogP) is 2.11. The zero-order chi connectivity index (χ0) is 25.1. The molecule has 2 aliphatic heterocycles. The zero-order valence-electron chi connectivity index (χ0n) is 19.1. The van der Waals surface area contributed by atoms with Crippen LogP contribution in [0.1, 0.15) is 11.5 Å². The monoisotopic (exact) mass is 473 g/mol. The molecule has 4 rings (SSSR count). The fourth-order valence-electron chi connectivity index (χ4n) is 4.35. The lowest BCUT2D eigenvalue weighted by atomic mass is 9.81. The lowest BCUT2D eigenvalue weighted by Crippen LogP contribution is -2.41. The molecule has 2 aromatic carbocycles. The highest BCUT2D eigenvalue weighted by Gasteiger charge is 2.44. The lowest BCUT2D eigenvalue weighted by Gasteiger charge is -2.37. The number of nitriles is 1. The standard InChI is InChI=1S/C25H23N5O5/c1-34-23(31)20-19(15-8-4-3-5-9-15)16(14-26)22(27)30(21(20)24(32)35-2)18-11-7-6-10-17(18)29-13-12-28-25(29)33/h3-11,19H,12-13,27H2,1-2H3,(H,28,33). The highest BCUT2D eigenvalue weighted by molar-refractivity contribution is 6.08. The van der Waals surface area contributed by atoms with Crippen LogP contribution in [0.15, 0.2) is 77.3 Å². The van der Waals surface area contributed by atoms with Gasteiger partial charge in [-0.25, -0.2) is 14.4 Å². The quantitative estimate of drug-likeness (QED) is 0.630. The van der Waals surface area contributed by atoms with Crippen molar-refractivity contribution < 1.29 is 23.9 Å². The van der Waals surface area contributed by atoms with E-state index in [0.29, 0.717) is 30.0 Å². The Kier molecular flexibility index (Phi) is 6.42. The molecule has 10 heteroatoms. The van der Waals surface area contributed by atoms with Gasteiger partial charge in [-0.3, -0.25) is 9.80 Å². The van der Waals surface area contributed by atoms with Crippen LogP contribution < -0.4 is 20.9 Å². The first-order chi connectivity index (χ1) is 16.9. The zero-order valence-corrected chi connectivity index (χ0v) is 19.1. The normalized spacial score (nSPS) is 17.7. The Labute approximate surface area is 201 Å². The van der Waals surface area contributed by atoms with E-state index in [1.807, 2.05) is 0 Å². The number of urea groups is 1. The molecule has 0 aliphatic carbocycles. The first-order valence-corrected chi connectivity index (χ1v) is 10.7. The van der Waals surface area contributed by atoms with Gasteiger partial charge in [-0.1, -0.05) is 42.5 Å². The van der Waals surface area contributed by atoms with E-state index in [4.69, 9.17) is 15.2 Å². The van der Waals surface area contributed by atoms with Crippen molar-refractivity contribution in [2.24, 2.45) is 5.73 Å². The average molecular weight is 473 g/mol. The number of anilines is 2. The molecule has 2 amide bonds. The Morgan fingerprint density at radius 2 is 1.66 bits per heavy atom. The lowest BCUT2D eigenvalue weighted by molar-refractivity contribution is -0.139. The van der Waals surface area contributed by atoms with Crippen molar-refractivity contribution in [1.29, 1.82) is 5.26 Å². The van der Waals surface area contributed by atoms with E-state index in [-0.39, 0.29) is 28.7 Å². The van der Waals surface area contributed by atoms with Gasteiger partial charge in [0.25, 0.3) is 0 Å². The largest absolute Gasteiger partial charge is 0.466 e. The van der Waals surface area contributed by atoms with Crippen LogP contribution in [0.25, 0.3) is 0 Å². The number of rotatable bonds is 5. The summed E-state index contributed by atoms with van der Waals surface area (Å²) >= 11 is 0. The van der Waals surface area contributed by atoms with E-state index >= 15 is 0 Å². The fraction of sp³-hybridized carbons (Fsp3) is 0.200. The van der Waals surface area contributed by atoms with Gasteiger partial charge in [-0.2, -0.15) is 5.26 Å². The number of esters is 2. The minimum Gasteiger partial charge on any atom is -0.466 e. The number of nitrogens with one attached hydrogen (secondary N) is 1. The summed E-state index contributed by atoms with van der Waals surface area (Å²) in [6, 6.07) is 17.3. The number of methoxy groups -OCH3 is 2. The van der Waals surface area contributed by atoms with Crippen LogP contribution in [0.2, 0.25) is 0 Å². The van der Waals surface area contributed by atoms with Crippen molar-refractivity contribution >= 4 is 29.3 Å². The van der Waals surface area contributed by atoms with Crippen LogP contribution in [0.4, 0.5) is 16.2 Å². The van der Waals surface area contributed by atoms with Crippen molar-refractivity contribution in [1.82, 2.24) is 5.32 Å². The molecule has 1 atom stereocenters. The topological polar surface area (TPSA) is 138 Å². The SMILES string of the molecule is COC(=O)C1=C(C(=O)OC)N(c2ccccc2N2CCNC2=O)C(N)=C(C#N)C1c1ccccc1. The van der Waals surface area contributed by atoms with Gasteiger partial charge in [0.05, 0.1) is 48.7 Å². The maximum atomic E-state index is 13.2. The molecule has 2 aliphatic rings. The number of amides is 2. The molecule has 0 radical (unpaired) electrons. The number of nitrogens with zero attached hydrogens (tertiary/aromatic N) is 3. The summed E-state index contributed by atoms with van der Waals surface area (Å²) in [5.41, 5.74) is 7.63. The second-order valence-electron chi connectivity index (χ2n) is 7.71. The molecule has 2 aromatic rings. The van der Waals surface area contributed by atoms with E-state index in [1.54, 1.807) is 54.6 Å². The molecule has 35 heavy (non-hydrogen) atoms. The maximum Gasteiger partial charge on any atom is 0.355 e. The van der Waals surface area contributed by atoms with Crippen LogP contribution in [0.3, 0.4) is 0 Å². The summed E-state index contributed by atoms with van der Waals surface area (Å²) in [6.07, 6.45) is 0. The number of carbonyl (C=O) groups excluding carboxylic acids is 3. The molecule has 178 valence electrons. The van der Waals surface area contributed by atoms with Gasteiger partial charge in [0.2, 0.25) is 0 Å². The first-order valence-electron chi connectivity index (χ1n) is 10.7. The summed E-state index contributed by atoms with van der Waals surface area (Å²) in [4.78, 5) is 41.6. The molecule has 1 unspecified atom stereocenters. The molecule has 1 fully saturated rings. The molecule has 0 saturated carbocycles. The van der Waals surface area contributed by atoms with Crippen molar-refractivity contribution in [3.63, 3.8) is 0 Å². The number of benzene rings is 2. The Morgan fingerprint density at radius 1 is 1.03 bits per heavy atom. The van der Waals surface area contributed by atoms with Crippen molar-refractivity contribution in [3.8, 4) is 6.07 Å². The molecular formula is C25H23N5O5. The summed E-state index contributed by atoms with van der Waals surface area (Å²) < 4.78 is 10.1. The first kappa shape index (κ1) is 23.4. The van der Waals surface area contributed by atoms with Crippen molar-refractivity contribution in [3.05, 3.63) is 82.8 Å². The van der Waals surface area contributed by atoms with Gasteiger partial charge in [0.15, 0.2) is 0 Å². The van der Waals surface area contributed by atoms with Gasteiger partial charge in [0.1, 0.15) is 11.5 Å². The van der Waals surface area contributed by atoms with Crippen molar-refractivity contribution in [2.45, 2.75) is 5.92 Å². The minimum atomic E-state index is -0.971. The Bertz CT molecular complexity index is 1290. The molecule has 1 saturated heterocycles. The third-order valence-electron chi connectivity index (χ3n) is 5.88. The van der Waals surface area contributed by atoms with Crippen LogP contribution in [-0.4, -0.2) is 45.3 Å². The Hall–Kier alpha value is -4.78. The Balaban J connectivity index is 2.06. The number of hydrogen-bond donors (Lipinski definition) is 2. The summed E-state index contributed by atoms with van der Waals surface area (Å²) in [5, 5.41) is 12.9. The summed E-state index contributed by atoms with van der Waals surface area (Å²) in [6.45, 7) is 0.817. The van der Waals surface area contributed by atoms with E-state index in [0.717, 1.165) is 0 Å². The second kappa shape index (κ2) is 9.61. The number of para-hydroxylation sites is 2. The molecular weight excluding hydrogens is 450 g/mol. The van der Waals surface area contributed by atoms with Crippen LogP contribution in [0, 0.1) is 11.3 Å². The summed E-state index contributed by atoms with van der Waals surface area (Å²) in [7, 11) is 2.37. The maximum absolute atomic E-state index is 13.2. The smallest absolute Gasteiger partial charge is 0.355 e. The number of nitrogens with two attached hydrogens (primary N) is 1. The molecule has 10 nitrogen and oxygen atoms in total. The van der Waals surface area contributed by atoms with Crippen LogP contribution in [-0.2, 0) is 19.1 Å². The summed E-state index contributed by atoms with van der Waals surface area (Å²) in [5.74, 6) is -2.71. The molecule has 2 heterocycles. The van der Waals surface area contributed by atoms with Crippen LogP contribution >= 0.6 is 0 Å². The Morgan fingerprint density at radius 3 is 2.23 bits per heavy atom. The average Bonchev–Trinajstić information content (AvgIpc) is 3.33. The van der Waals surface area contributed by atoms with Crippen LogP contribution in [0.5, 0.6) is 0 Å². The number of carbonyl (C=O) groups is 3.